The zero-order chi connectivity index (χ0) is 17.8. The molecule has 0 saturated heterocycles. The predicted molar refractivity (Wildman–Crippen MR) is 94.7 cm³/mol. The van der Waals surface area contributed by atoms with Gasteiger partial charge in [-0.1, -0.05) is 11.8 Å². The fourth-order valence-corrected chi connectivity index (χ4v) is 3.15. The molecule has 0 aliphatic heterocycles. The van der Waals surface area contributed by atoms with Crippen molar-refractivity contribution in [3.05, 3.63) is 53.8 Å². The normalized spacial score (nSPS) is 10.7. The Labute approximate surface area is 148 Å². The molecule has 0 amide bonds. The molecule has 0 radical (unpaired) electrons. The highest BCUT2D eigenvalue weighted by Gasteiger charge is 2.14. The van der Waals surface area contributed by atoms with Gasteiger partial charge < -0.3 is 15.3 Å². The first-order valence-electron chi connectivity index (χ1n) is 7.42. The minimum absolute atomic E-state index is 0.315. The molecule has 0 aliphatic rings. The molecular weight excluding hydrogens is 343 g/mol. The molecule has 0 aliphatic carbocycles. The zero-order valence-electron chi connectivity index (χ0n) is 13.8. The second kappa shape index (κ2) is 7.43. The number of nitrogens with zero attached hydrogens (tertiary/aromatic N) is 3. The number of hydrogen-bond acceptors (Lipinski definition) is 6. The fourth-order valence-electron chi connectivity index (χ4n) is 2.31. The van der Waals surface area contributed by atoms with Gasteiger partial charge in [0.25, 0.3) is 0 Å². The van der Waals surface area contributed by atoms with Gasteiger partial charge in [-0.3, -0.25) is 0 Å². The maximum absolute atomic E-state index is 13.4. The van der Waals surface area contributed by atoms with Gasteiger partial charge in [-0.15, -0.1) is 10.2 Å². The number of ether oxygens (including phenoxy) is 2. The molecule has 0 unspecified atom stereocenters. The van der Waals surface area contributed by atoms with E-state index in [1.165, 1.54) is 28.6 Å². The van der Waals surface area contributed by atoms with Gasteiger partial charge in [0.2, 0.25) is 5.16 Å². The minimum Gasteiger partial charge on any atom is -0.497 e. The minimum atomic E-state index is -0.315. The lowest BCUT2D eigenvalue weighted by Gasteiger charge is -2.08. The van der Waals surface area contributed by atoms with Crippen molar-refractivity contribution in [2.75, 3.05) is 20.1 Å². The van der Waals surface area contributed by atoms with Crippen LogP contribution in [0, 0.1) is 5.82 Å². The lowest BCUT2D eigenvalue weighted by molar-refractivity contribution is 0.410. The Kier molecular flexibility index (Phi) is 5.08. The van der Waals surface area contributed by atoms with Crippen molar-refractivity contribution < 1.29 is 13.9 Å². The van der Waals surface area contributed by atoms with E-state index in [9.17, 15) is 4.39 Å². The molecular formula is C17H17FN4O2S. The first-order valence-corrected chi connectivity index (χ1v) is 8.41. The molecule has 25 heavy (non-hydrogen) atoms. The van der Waals surface area contributed by atoms with Crippen molar-refractivity contribution in [1.82, 2.24) is 14.9 Å². The lowest BCUT2D eigenvalue weighted by atomic mass is 10.2. The standard InChI is InChI=1S/C17H17FN4O2S/c1-23-14-6-3-11(4-7-14)16-20-21-17(22(16)19)25-10-12-9-13(18)5-8-15(12)24-2/h3-9H,10,19H2,1-2H3. The number of nitrogen functional groups attached to an aromatic ring is 1. The van der Waals surface area contributed by atoms with Gasteiger partial charge in [-0.25, -0.2) is 9.07 Å². The van der Waals surface area contributed by atoms with Crippen molar-refractivity contribution in [2.24, 2.45) is 0 Å². The number of thioether (sulfide) groups is 1. The summed E-state index contributed by atoms with van der Waals surface area (Å²) in [7, 11) is 3.16. The van der Waals surface area contributed by atoms with Crippen molar-refractivity contribution >= 4 is 11.8 Å². The molecule has 130 valence electrons. The van der Waals surface area contributed by atoms with Gasteiger partial charge >= 0.3 is 0 Å². The summed E-state index contributed by atoms with van der Waals surface area (Å²) >= 11 is 1.35. The first-order chi connectivity index (χ1) is 12.1. The molecule has 0 fully saturated rings. The second-order valence-corrected chi connectivity index (χ2v) is 6.09. The van der Waals surface area contributed by atoms with Crippen LogP contribution in [0.4, 0.5) is 4.39 Å². The van der Waals surface area contributed by atoms with E-state index in [0.29, 0.717) is 22.5 Å². The number of methoxy groups -OCH3 is 2. The molecule has 2 N–H and O–H groups in total. The average Bonchev–Trinajstić information content (AvgIpc) is 3.01. The van der Waals surface area contributed by atoms with Gasteiger partial charge in [-0.2, -0.15) is 0 Å². The zero-order valence-corrected chi connectivity index (χ0v) is 14.6. The van der Waals surface area contributed by atoms with Gasteiger partial charge in [0, 0.05) is 16.9 Å². The highest BCUT2D eigenvalue weighted by molar-refractivity contribution is 7.98. The summed E-state index contributed by atoms with van der Waals surface area (Å²) < 4.78 is 25.2. The summed E-state index contributed by atoms with van der Waals surface area (Å²) in [4.78, 5) is 0. The highest BCUT2D eigenvalue weighted by Crippen LogP contribution is 2.29. The van der Waals surface area contributed by atoms with Crippen LogP contribution in [0.25, 0.3) is 11.4 Å². The van der Waals surface area contributed by atoms with Crippen LogP contribution in [0.15, 0.2) is 47.6 Å². The maximum Gasteiger partial charge on any atom is 0.210 e. The van der Waals surface area contributed by atoms with E-state index < -0.39 is 0 Å². The monoisotopic (exact) mass is 360 g/mol. The Balaban J connectivity index is 1.78. The number of benzene rings is 2. The Morgan fingerprint density at radius 3 is 2.52 bits per heavy atom. The third-order valence-electron chi connectivity index (χ3n) is 3.61. The lowest BCUT2D eigenvalue weighted by Crippen LogP contribution is -2.11. The van der Waals surface area contributed by atoms with Crippen molar-refractivity contribution in [3.8, 4) is 22.9 Å². The summed E-state index contributed by atoms with van der Waals surface area (Å²) in [5.41, 5.74) is 1.55. The summed E-state index contributed by atoms with van der Waals surface area (Å²) in [5.74, 6) is 8.15. The van der Waals surface area contributed by atoms with E-state index in [4.69, 9.17) is 15.3 Å². The van der Waals surface area contributed by atoms with Crippen LogP contribution in [0.5, 0.6) is 11.5 Å². The van der Waals surface area contributed by atoms with Gasteiger partial charge in [0.15, 0.2) is 5.82 Å². The van der Waals surface area contributed by atoms with Crippen molar-refractivity contribution in [1.29, 1.82) is 0 Å². The number of halogens is 1. The molecule has 0 spiro atoms. The van der Waals surface area contributed by atoms with E-state index in [1.54, 1.807) is 20.3 Å². The summed E-state index contributed by atoms with van der Waals surface area (Å²) in [5, 5.41) is 8.77. The van der Waals surface area contributed by atoms with Crippen LogP contribution in [-0.4, -0.2) is 29.1 Å². The molecule has 1 heterocycles. The molecule has 0 bridgehead atoms. The molecule has 1 aromatic heterocycles. The fraction of sp³-hybridized carbons (Fsp3) is 0.176. The van der Waals surface area contributed by atoms with Gasteiger partial charge in [-0.05, 0) is 42.5 Å². The van der Waals surface area contributed by atoms with Gasteiger partial charge in [0.05, 0.1) is 14.2 Å². The third kappa shape index (κ3) is 3.69. The Bertz CT molecular complexity index is 868. The number of aromatic nitrogens is 3. The number of rotatable bonds is 6. The van der Waals surface area contributed by atoms with E-state index in [2.05, 4.69) is 10.2 Å². The molecule has 0 saturated carbocycles. The molecule has 3 aromatic rings. The number of hydrogen-bond donors (Lipinski definition) is 1. The smallest absolute Gasteiger partial charge is 0.210 e. The highest BCUT2D eigenvalue weighted by atomic mass is 32.2. The Morgan fingerprint density at radius 1 is 1.08 bits per heavy atom. The molecule has 6 nitrogen and oxygen atoms in total. The number of nitrogens with two attached hydrogens (primary N) is 1. The van der Waals surface area contributed by atoms with Crippen LogP contribution in [-0.2, 0) is 5.75 Å². The molecule has 2 aromatic carbocycles. The third-order valence-corrected chi connectivity index (χ3v) is 4.60. The van der Waals surface area contributed by atoms with Gasteiger partial charge in [0.1, 0.15) is 17.3 Å². The molecule has 0 atom stereocenters. The quantitative estimate of drug-likeness (QED) is 0.538. The SMILES string of the molecule is COc1ccc(-c2nnc(SCc3cc(F)ccc3OC)n2N)cc1. The molecule has 3 rings (SSSR count). The summed E-state index contributed by atoms with van der Waals surface area (Å²) in [6.07, 6.45) is 0. The van der Waals surface area contributed by atoms with Crippen LogP contribution >= 0.6 is 11.8 Å². The van der Waals surface area contributed by atoms with E-state index in [1.807, 2.05) is 24.3 Å². The topological polar surface area (TPSA) is 75.2 Å². The first kappa shape index (κ1) is 17.1. The maximum atomic E-state index is 13.4. The Hall–Kier alpha value is -2.74. The van der Waals surface area contributed by atoms with Crippen LogP contribution < -0.4 is 15.3 Å². The van der Waals surface area contributed by atoms with E-state index in [0.717, 1.165) is 16.9 Å². The van der Waals surface area contributed by atoms with Crippen LogP contribution in [0.1, 0.15) is 5.56 Å². The van der Waals surface area contributed by atoms with E-state index >= 15 is 0 Å². The predicted octanol–water partition coefficient (Wildman–Crippen LogP) is 3.11. The largest absolute Gasteiger partial charge is 0.497 e. The second-order valence-electron chi connectivity index (χ2n) is 5.15. The van der Waals surface area contributed by atoms with E-state index in [-0.39, 0.29) is 5.82 Å². The van der Waals surface area contributed by atoms with Crippen LogP contribution in [0.3, 0.4) is 0 Å². The van der Waals surface area contributed by atoms with Crippen molar-refractivity contribution in [3.63, 3.8) is 0 Å². The Morgan fingerprint density at radius 2 is 1.84 bits per heavy atom. The van der Waals surface area contributed by atoms with Crippen molar-refractivity contribution in [2.45, 2.75) is 10.9 Å². The average molecular weight is 360 g/mol. The molecule has 8 heteroatoms. The van der Waals surface area contributed by atoms with Crippen LogP contribution in [0.2, 0.25) is 0 Å². The summed E-state index contributed by atoms with van der Waals surface area (Å²) in [6.45, 7) is 0. The summed E-state index contributed by atoms with van der Waals surface area (Å²) in [6, 6.07) is 11.8.